The number of benzene rings is 1. The molecule has 1 aromatic rings. The minimum absolute atomic E-state index is 0.116. The van der Waals surface area contributed by atoms with Crippen molar-refractivity contribution in [3.63, 3.8) is 0 Å². The molecule has 1 rings (SSSR count). The molecule has 0 aliphatic heterocycles. The highest BCUT2D eigenvalue weighted by molar-refractivity contribution is 9.10. The molecule has 1 N–H and O–H groups in total. The minimum atomic E-state index is -0.513. The van der Waals surface area contributed by atoms with Crippen LogP contribution >= 0.6 is 27.7 Å². The minimum Gasteiger partial charge on any atom is -0.312 e. The molecule has 1 atom stereocenters. The highest BCUT2D eigenvalue weighted by Crippen LogP contribution is 2.28. The van der Waals surface area contributed by atoms with Crippen LogP contribution in [0.2, 0.25) is 0 Å². The van der Waals surface area contributed by atoms with Crippen LogP contribution in [-0.4, -0.2) is 18.6 Å². The van der Waals surface area contributed by atoms with Crippen LogP contribution in [0.25, 0.3) is 0 Å². The Kier molecular flexibility index (Phi) is 6.44. The van der Waals surface area contributed by atoms with Gasteiger partial charge in [0.15, 0.2) is 0 Å². The van der Waals surface area contributed by atoms with Gasteiger partial charge in [-0.2, -0.15) is 11.8 Å². The van der Waals surface area contributed by atoms with Crippen molar-refractivity contribution in [3.05, 3.63) is 33.8 Å². The van der Waals surface area contributed by atoms with Crippen molar-refractivity contribution >= 4 is 27.7 Å². The van der Waals surface area contributed by atoms with Crippen molar-refractivity contribution in [3.8, 4) is 0 Å². The van der Waals surface area contributed by atoms with E-state index in [-0.39, 0.29) is 11.6 Å². The number of thioether (sulfide) groups is 1. The summed E-state index contributed by atoms with van der Waals surface area (Å²) in [6.45, 7) is 2.08. The summed E-state index contributed by atoms with van der Waals surface area (Å²) in [6.07, 6.45) is 1.06. The fourth-order valence-corrected chi connectivity index (χ4v) is 2.89. The molecule has 0 saturated carbocycles. The molecule has 5 heteroatoms. The lowest BCUT2D eigenvalue weighted by Crippen LogP contribution is -2.21. The molecule has 0 amide bonds. The number of nitrogens with one attached hydrogen (secondary N) is 1. The van der Waals surface area contributed by atoms with Gasteiger partial charge in [-0.15, -0.1) is 0 Å². The fourth-order valence-electron chi connectivity index (χ4n) is 1.52. The predicted octanol–water partition coefficient (Wildman–Crippen LogP) is 4.13. The Morgan fingerprint density at radius 3 is 2.71 bits per heavy atom. The number of hydrogen-bond donors (Lipinski definition) is 1. The van der Waals surface area contributed by atoms with Crippen LogP contribution in [0.4, 0.5) is 8.78 Å². The zero-order valence-corrected chi connectivity index (χ0v) is 12.3. The summed E-state index contributed by atoms with van der Waals surface area (Å²) in [5.41, 5.74) is 0.116. The monoisotopic (exact) mass is 323 g/mol. The molecule has 0 aromatic heterocycles. The summed E-state index contributed by atoms with van der Waals surface area (Å²) in [5, 5.41) is 2.96. The molecule has 1 nitrogen and oxygen atoms in total. The van der Waals surface area contributed by atoms with E-state index in [4.69, 9.17) is 0 Å². The second-order valence-electron chi connectivity index (χ2n) is 3.67. The summed E-state index contributed by atoms with van der Waals surface area (Å²) < 4.78 is 27.8. The van der Waals surface area contributed by atoms with E-state index < -0.39 is 11.6 Å². The standard InChI is InChI=1S/C12H16BrF2NS/c1-3-6-17-7-10(16-2)11-9(14)5-4-8(13)12(11)15/h4-5,10,16H,3,6-7H2,1-2H3. The lowest BCUT2D eigenvalue weighted by molar-refractivity contribution is 0.510. The molecule has 0 heterocycles. The topological polar surface area (TPSA) is 12.0 Å². The number of halogens is 3. The van der Waals surface area contributed by atoms with Gasteiger partial charge in [-0.1, -0.05) is 6.92 Å². The highest BCUT2D eigenvalue weighted by atomic mass is 79.9. The van der Waals surface area contributed by atoms with Crippen molar-refractivity contribution < 1.29 is 8.78 Å². The van der Waals surface area contributed by atoms with E-state index >= 15 is 0 Å². The number of hydrogen-bond acceptors (Lipinski definition) is 2. The molecule has 17 heavy (non-hydrogen) atoms. The van der Waals surface area contributed by atoms with E-state index in [1.165, 1.54) is 12.1 Å². The average molecular weight is 324 g/mol. The lowest BCUT2D eigenvalue weighted by atomic mass is 10.1. The molecule has 0 bridgehead atoms. The lowest BCUT2D eigenvalue weighted by Gasteiger charge is -2.18. The molecule has 0 aliphatic carbocycles. The molecule has 1 aromatic carbocycles. The maximum atomic E-state index is 13.9. The molecule has 0 fully saturated rings. The first-order valence-corrected chi connectivity index (χ1v) is 7.45. The molecular weight excluding hydrogens is 308 g/mol. The first-order valence-electron chi connectivity index (χ1n) is 5.50. The van der Waals surface area contributed by atoms with Crippen LogP contribution in [0, 0.1) is 11.6 Å². The molecule has 1 unspecified atom stereocenters. The maximum Gasteiger partial charge on any atom is 0.145 e. The molecule has 96 valence electrons. The van der Waals surface area contributed by atoms with Gasteiger partial charge in [0.25, 0.3) is 0 Å². The Hall–Kier alpha value is -0.130. The Balaban J connectivity index is 2.91. The quantitative estimate of drug-likeness (QED) is 0.624. The van der Waals surface area contributed by atoms with Gasteiger partial charge < -0.3 is 5.32 Å². The van der Waals surface area contributed by atoms with Gasteiger partial charge in [-0.25, -0.2) is 8.78 Å². The molecule has 0 aliphatic rings. The van der Waals surface area contributed by atoms with Gasteiger partial charge in [0.2, 0.25) is 0 Å². The van der Waals surface area contributed by atoms with Gasteiger partial charge >= 0.3 is 0 Å². The Morgan fingerprint density at radius 2 is 2.12 bits per heavy atom. The van der Waals surface area contributed by atoms with Gasteiger partial charge in [-0.05, 0) is 47.3 Å². The van der Waals surface area contributed by atoms with E-state index in [9.17, 15) is 8.78 Å². The van der Waals surface area contributed by atoms with Crippen LogP contribution in [0.5, 0.6) is 0 Å². The van der Waals surface area contributed by atoms with Crippen molar-refractivity contribution in [1.29, 1.82) is 0 Å². The first kappa shape index (κ1) is 14.9. The first-order chi connectivity index (χ1) is 8.11. The number of rotatable bonds is 6. The van der Waals surface area contributed by atoms with Crippen LogP contribution in [0.15, 0.2) is 16.6 Å². The molecular formula is C12H16BrF2NS. The van der Waals surface area contributed by atoms with Crippen LogP contribution in [0.1, 0.15) is 24.9 Å². The zero-order valence-electron chi connectivity index (χ0n) is 9.90. The second-order valence-corrected chi connectivity index (χ2v) is 5.68. The smallest absolute Gasteiger partial charge is 0.145 e. The summed E-state index contributed by atoms with van der Waals surface area (Å²) in [6, 6.07) is 2.38. The third-order valence-electron chi connectivity index (χ3n) is 2.41. The van der Waals surface area contributed by atoms with Gasteiger partial charge in [0.05, 0.1) is 4.47 Å². The average Bonchev–Trinajstić information content (AvgIpc) is 2.32. The Bertz CT molecular complexity index is 374. The highest BCUT2D eigenvalue weighted by Gasteiger charge is 2.20. The second kappa shape index (κ2) is 7.34. The van der Waals surface area contributed by atoms with Crippen molar-refractivity contribution in [2.75, 3.05) is 18.6 Å². The zero-order chi connectivity index (χ0) is 12.8. The summed E-state index contributed by atoms with van der Waals surface area (Å²) in [5.74, 6) is 0.646. The Labute approximate surface area is 113 Å². The predicted molar refractivity (Wildman–Crippen MR) is 73.5 cm³/mol. The summed E-state index contributed by atoms with van der Waals surface area (Å²) in [4.78, 5) is 0. The normalized spacial score (nSPS) is 12.8. The summed E-state index contributed by atoms with van der Waals surface area (Å²) >= 11 is 4.78. The third-order valence-corrected chi connectivity index (χ3v) is 4.29. The van der Waals surface area contributed by atoms with Crippen LogP contribution < -0.4 is 5.32 Å². The SMILES string of the molecule is CCCSCC(NC)c1c(F)ccc(Br)c1F. The van der Waals surface area contributed by atoms with Gasteiger partial charge in [-0.3, -0.25) is 0 Å². The molecule has 0 spiro atoms. The van der Waals surface area contributed by atoms with Crippen molar-refractivity contribution in [2.45, 2.75) is 19.4 Å². The molecule has 0 saturated heterocycles. The van der Waals surface area contributed by atoms with E-state index in [1.54, 1.807) is 18.8 Å². The molecule has 0 radical (unpaired) electrons. The fraction of sp³-hybridized carbons (Fsp3) is 0.500. The third kappa shape index (κ3) is 3.93. The van der Waals surface area contributed by atoms with Crippen molar-refractivity contribution in [2.24, 2.45) is 0 Å². The largest absolute Gasteiger partial charge is 0.312 e. The van der Waals surface area contributed by atoms with Crippen LogP contribution in [-0.2, 0) is 0 Å². The van der Waals surface area contributed by atoms with Gasteiger partial charge in [0, 0.05) is 17.4 Å². The summed E-state index contributed by atoms with van der Waals surface area (Å²) in [7, 11) is 1.72. The van der Waals surface area contributed by atoms with E-state index in [0.717, 1.165) is 12.2 Å². The Morgan fingerprint density at radius 1 is 1.41 bits per heavy atom. The van der Waals surface area contributed by atoms with E-state index in [0.29, 0.717) is 10.2 Å². The van der Waals surface area contributed by atoms with E-state index in [2.05, 4.69) is 28.2 Å². The van der Waals surface area contributed by atoms with Gasteiger partial charge in [0.1, 0.15) is 11.6 Å². The van der Waals surface area contributed by atoms with E-state index in [1.807, 2.05) is 0 Å². The van der Waals surface area contributed by atoms with Crippen LogP contribution in [0.3, 0.4) is 0 Å². The van der Waals surface area contributed by atoms with Crippen molar-refractivity contribution in [1.82, 2.24) is 5.32 Å². The maximum absolute atomic E-state index is 13.9.